The number of benzene rings is 3. The molecule has 2 aliphatic rings. The Labute approximate surface area is 272 Å². The van der Waals surface area contributed by atoms with E-state index in [0.717, 1.165) is 42.3 Å². The maximum Gasteiger partial charge on any atom is 0.528 e. The van der Waals surface area contributed by atoms with Crippen molar-refractivity contribution in [3.63, 3.8) is 0 Å². The second-order valence-corrected chi connectivity index (χ2v) is 12.6. The number of halogens is 3. The standard InChI is InChI=1S/C34H38ClF2N3O6/c1-34(2,3)45-33(42)46-38-16-17-39(30(22-38)32(41)40(26-9-10-26)21-23-6-4-5-7-28(23)35)25-11-13-27(14-12-25)43-18-19-44-31-20-24(36)8-15-29(31)37/h4-8,11-15,20,26,30H,9-10,16-19,21-22H2,1-3H3. The van der Waals surface area contributed by atoms with Crippen LogP contribution in [0.3, 0.4) is 0 Å². The van der Waals surface area contributed by atoms with Crippen LogP contribution >= 0.6 is 11.6 Å². The van der Waals surface area contributed by atoms with Gasteiger partial charge in [-0.2, -0.15) is 0 Å². The first kappa shape index (κ1) is 33.3. The van der Waals surface area contributed by atoms with Gasteiger partial charge in [-0.1, -0.05) is 29.8 Å². The number of carbonyl (C=O) groups excluding carboxylic acids is 2. The first-order chi connectivity index (χ1) is 22.0. The van der Waals surface area contributed by atoms with Crippen LogP contribution in [0.4, 0.5) is 19.3 Å². The Morgan fingerprint density at radius 1 is 0.957 bits per heavy atom. The first-order valence-electron chi connectivity index (χ1n) is 15.2. The average Bonchev–Trinajstić information content (AvgIpc) is 3.85. The van der Waals surface area contributed by atoms with Crippen molar-refractivity contribution in [2.75, 3.05) is 37.7 Å². The van der Waals surface area contributed by atoms with Crippen LogP contribution in [0.25, 0.3) is 0 Å². The van der Waals surface area contributed by atoms with E-state index >= 15 is 0 Å². The van der Waals surface area contributed by atoms with Crippen LogP contribution in [0.2, 0.25) is 5.02 Å². The summed E-state index contributed by atoms with van der Waals surface area (Å²) in [4.78, 5) is 36.2. The summed E-state index contributed by atoms with van der Waals surface area (Å²) in [5.74, 6) is -0.981. The Bertz CT molecular complexity index is 1520. The molecule has 1 atom stereocenters. The minimum Gasteiger partial charge on any atom is -0.490 e. The van der Waals surface area contributed by atoms with Crippen LogP contribution in [0.15, 0.2) is 66.7 Å². The van der Waals surface area contributed by atoms with Gasteiger partial charge in [-0.15, -0.1) is 5.06 Å². The van der Waals surface area contributed by atoms with Crippen molar-refractivity contribution in [3.05, 3.63) is 89.0 Å². The lowest BCUT2D eigenvalue weighted by molar-refractivity contribution is -0.159. The van der Waals surface area contributed by atoms with E-state index in [2.05, 4.69) is 0 Å². The molecule has 1 heterocycles. The highest BCUT2D eigenvalue weighted by Crippen LogP contribution is 2.33. The topological polar surface area (TPSA) is 80.8 Å². The highest BCUT2D eigenvalue weighted by molar-refractivity contribution is 6.31. The molecule has 0 aromatic heterocycles. The Morgan fingerprint density at radius 3 is 2.37 bits per heavy atom. The van der Waals surface area contributed by atoms with Gasteiger partial charge in [-0.3, -0.25) is 4.79 Å². The Kier molecular flexibility index (Phi) is 10.5. The molecule has 5 rings (SSSR count). The summed E-state index contributed by atoms with van der Waals surface area (Å²) in [7, 11) is 0. The number of amides is 1. The van der Waals surface area contributed by atoms with Crippen LogP contribution in [0.1, 0.15) is 39.2 Å². The normalized spacial score (nSPS) is 16.9. The molecule has 0 bridgehead atoms. The molecule has 246 valence electrons. The van der Waals surface area contributed by atoms with Gasteiger partial charge in [0.1, 0.15) is 36.4 Å². The van der Waals surface area contributed by atoms with Gasteiger partial charge in [0.05, 0.1) is 13.1 Å². The molecule has 0 spiro atoms. The van der Waals surface area contributed by atoms with E-state index < -0.39 is 29.4 Å². The van der Waals surface area contributed by atoms with Crippen molar-refractivity contribution in [1.82, 2.24) is 9.96 Å². The third-order valence-corrected chi connectivity index (χ3v) is 7.83. The fourth-order valence-corrected chi connectivity index (χ4v) is 5.34. The molecule has 46 heavy (non-hydrogen) atoms. The smallest absolute Gasteiger partial charge is 0.490 e. The van der Waals surface area contributed by atoms with E-state index in [-0.39, 0.29) is 37.5 Å². The van der Waals surface area contributed by atoms with E-state index in [1.165, 1.54) is 5.06 Å². The van der Waals surface area contributed by atoms with Crippen molar-refractivity contribution in [3.8, 4) is 11.5 Å². The molecule has 0 N–H and O–H groups in total. The zero-order valence-corrected chi connectivity index (χ0v) is 26.8. The molecule has 12 heteroatoms. The number of hydroxylamine groups is 2. The molecular weight excluding hydrogens is 620 g/mol. The zero-order chi connectivity index (χ0) is 32.8. The van der Waals surface area contributed by atoms with Gasteiger partial charge >= 0.3 is 6.16 Å². The van der Waals surface area contributed by atoms with Crippen LogP contribution < -0.4 is 14.4 Å². The highest BCUT2D eigenvalue weighted by atomic mass is 35.5. The number of carbonyl (C=O) groups is 2. The summed E-state index contributed by atoms with van der Waals surface area (Å²) in [6, 6.07) is 17.2. The third kappa shape index (κ3) is 9.01. The molecule has 3 aromatic carbocycles. The van der Waals surface area contributed by atoms with Gasteiger partial charge in [0.15, 0.2) is 11.6 Å². The minimum absolute atomic E-state index is 0.0146. The molecular formula is C34H38ClF2N3O6. The largest absolute Gasteiger partial charge is 0.528 e. The summed E-state index contributed by atoms with van der Waals surface area (Å²) in [6.07, 6.45) is 0.985. The number of hydrogen-bond donors (Lipinski definition) is 0. The number of anilines is 1. The number of ether oxygens (including phenoxy) is 3. The second-order valence-electron chi connectivity index (χ2n) is 12.2. The van der Waals surface area contributed by atoms with E-state index in [1.807, 2.05) is 46.2 Å². The minimum atomic E-state index is -0.826. The van der Waals surface area contributed by atoms with E-state index in [4.69, 9.17) is 30.6 Å². The summed E-state index contributed by atoms with van der Waals surface area (Å²) in [5, 5.41) is 2.07. The molecule has 1 amide bonds. The van der Waals surface area contributed by atoms with Gasteiger partial charge in [-0.05, 0) is 81.6 Å². The molecule has 1 saturated carbocycles. The lowest BCUT2D eigenvalue weighted by Gasteiger charge is -2.42. The summed E-state index contributed by atoms with van der Waals surface area (Å²) in [5.41, 5.74) is 0.922. The maximum atomic E-state index is 14.3. The third-order valence-electron chi connectivity index (χ3n) is 7.46. The zero-order valence-electron chi connectivity index (χ0n) is 26.1. The fourth-order valence-electron chi connectivity index (χ4n) is 5.14. The molecule has 3 aromatic rings. The lowest BCUT2D eigenvalue weighted by atomic mass is 10.1. The van der Waals surface area contributed by atoms with Crippen molar-refractivity contribution in [2.24, 2.45) is 0 Å². The fraction of sp³-hybridized carbons (Fsp3) is 0.412. The van der Waals surface area contributed by atoms with E-state index in [0.29, 0.717) is 30.4 Å². The van der Waals surface area contributed by atoms with E-state index in [1.54, 1.807) is 32.9 Å². The molecule has 1 saturated heterocycles. The summed E-state index contributed by atoms with van der Waals surface area (Å²) < 4.78 is 43.6. The predicted molar refractivity (Wildman–Crippen MR) is 169 cm³/mol. The van der Waals surface area contributed by atoms with Crippen LogP contribution in [-0.4, -0.2) is 72.6 Å². The molecule has 1 aliphatic heterocycles. The number of piperazine rings is 1. The molecule has 0 radical (unpaired) electrons. The Hall–Kier alpha value is -4.09. The highest BCUT2D eigenvalue weighted by Gasteiger charge is 2.42. The predicted octanol–water partition coefficient (Wildman–Crippen LogP) is 6.62. The second kappa shape index (κ2) is 14.6. The van der Waals surface area contributed by atoms with Crippen molar-refractivity contribution >= 4 is 29.4 Å². The van der Waals surface area contributed by atoms with Gasteiger partial charge in [0.2, 0.25) is 5.91 Å². The quantitative estimate of drug-likeness (QED) is 0.168. The Balaban J connectivity index is 1.28. The SMILES string of the molecule is CC(C)(C)OC(=O)ON1CCN(c2ccc(OCCOc3cc(F)ccc3F)cc2)C(C(=O)N(Cc2ccccc2Cl)C2CC2)C1. The average molecular weight is 658 g/mol. The summed E-state index contributed by atoms with van der Waals surface area (Å²) in [6.45, 7) is 6.64. The molecule has 2 fully saturated rings. The molecule has 1 aliphatic carbocycles. The number of nitrogens with zero attached hydrogens (tertiary/aromatic N) is 3. The van der Waals surface area contributed by atoms with Crippen molar-refractivity contribution in [2.45, 2.75) is 57.8 Å². The van der Waals surface area contributed by atoms with Gasteiger partial charge < -0.3 is 28.8 Å². The monoisotopic (exact) mass is 657 g/mol. The van der Waals surface area contributed by atoms with Crippen LogP contribution in [0, 0.1) is 11.6 Å². The number of rotatable bonds is 11. The first-order valence-corrected chi connectivity index (χ1v) is 15.6. The van der Waals surface area contributed by atoms with Crippen LogP contribution in [-0.2, 0) is 20.9 Å². The van der Waals surface area contributed by atoms with Gasteiger partial charge in [0, 0.05) is 35.9 Å². The molecule has 9 nitrogen and oxygen atoms in total. The molecule has 1 unspecified atom stereocenters. The summed E-state index contributed by atoms with van der Waals surface area (Å²) >= 11 is 6.47. The van der Waals surface area contributed by atoms with Crippen molar-refractivity contribution < 1.29 is 37.4 Å². The Morgan fingerprint density at radius 2 is 1.67 bits per heavy atom. The lowest BCUT2D eigenvalue weighted by Crippen LogP contribution is -2.60. The van der Waals surface area contributed by atoms with E-state index in [9.17, 15) is 18.4 Å². The van der Waals surface area contributed by atoms with Gasteiger partial charge in [0.25, 0.3) is 0 Å². The van der Waals surface area contributed by atoms with Crippen molar-refractivity contribution in [1.29, 1.82) is 0 Å². The maximum absolute atomic E-state index is 14.3. The van der Waals surface area contributed by atoms with Gasteiger partial charge in [-0.25, -0.2) is 13.6 Å². The number of hydrogen-bond acceptors (Lipinski definition) is 8. The van der Waals surface area contributed by atoms with Crippen LogP contribution in [0.5, 0.6) is 11.5 Å².